The highest BCUT2D eigenvalue weighted by Crippen LogP contribution is 2.33. The second-order valence-corrected chi connectivity index (χ2v) is 4.40. The minimum atomic E-state index is -0.332. The van der Waals surface area contributed by atoms with Gasteiger partial charge in [-0.2, -0.15) is 0 Å². The van der Waals surface area contributed by atoms with E-state index in [9.17, 15) is 14.7 Å². The Morgan fingerprint density at radius 2 is 1.63 bits per heavy atom. The number of Topliss-reactive ketones (excluding diaryl/α,β-unsaturated/α-hetero) is 2. The van der Waals surface area contributed by atoms with E-state index in [1.54, 1.807) is 38.1 Å². The van der Waals surface area contributed by atoms with E-state index in [2.05, 4.69) is 0 Å². The molecule has 0 saturated carbocycles. The highest BCUT2D eigenvalue weighted by atomic mass is 16.3. The molecular formula is C16H15O3. The van der Waals surface area contributed by atoms with E-state index in [-0.39, 0.29) is 41.3 Å². The first-order chi connectivity index (χ1) is 9.10. The Kier molecular flexibility index (Phi) is 3.65. The first-order valence-electron chi connectivity index (χ1n) is 6.39. The van der Waals surface area contributed by atoms with Gasteiger partial charge in [0.2, 0.25) is 0 Å². The lowest BCUT2D eigenvalue weighted by molar-refractivity contribution is 0.0951. The SMILES string of the molecule is CCC(=O)c1cc2ccccc2c([O])c1C(=O)CC. The molecule has 0 spiro atoms. The molecule has 0 atom stereocenters. The van der Waals surface area contributed by atoms with Gasteiger partial charge in [0.05, 0.1) is 5.56 Å². The molecule has 0 saturated heterocycles. The molecule has 0 unspecified atom stereocenters. The Morgan fingerprint density at radius 3 is 2.26 bits per heavy atom. The molecule has 0 amide bonds. The summed E-state index contributed by atoms with van der Waals surface area (Å²) in [6, 6.07) is 8.69. The summed E-state index contributed by atoms with van der Waals surface area (Å²) in [7, 11) is 0. The second-order valence-electron chi connectivity index (χ2n) is 4.40. The summed E-state index contributed by atoms with van der Waals surface area (Å²) in [6.07, 6.45) is 0.499. The third-order valence-corrected chi connectivity index (χ3v) is 3.22. The van der Waals surface area contributed by atoms with Gasteiger partial charge < -0.3 is 0 Å². The Bertz CT molecular complexity index is 656. The van der Waals surface area contributed by atoms with Crippen LogP contribution in [0, 0.1) is 0 Å². The molecule has 2 rings (SSSR count). The number of carbonyl (C=O) groups excluding carboxylic acids is 2. The van der Waals surface area contributed by atoms with Crippen molar-refractivity contribution in [3.8, 4) is 5.75 Å². The van der Waals surface area contributed by atoms with Gasteiger partial charge in [0.1, 0.15) is 0 Å². The van der Waals surface area contributed by atoms with Crippen LogP contribution in [-0.4, -0.2) is 11.6 Å². The first kappa shape index (κ1) is 13.3. The van der Waals surface area contributed by atoms with Crippen molar-refractivity contribution in [1.82, 2.24) is 0 Å². The van der Waals surface area contributed by atoms with Gasteiger partial charge in [-0.05, 0) is 11.5 Å². The summed E-state index contributed by atoms with van der Waals surface area (Å²) < 4.78 is 0. The Hall–Kier alpha value is -2.16. The van der Waals surface area contributed by atoms with E-state index < -0.39 is 0 Å². The van der Waals surface area contributed by atoms with E-state index in [4.69, 9.17) is 0 Å². The molecule has 97 valence electrons. The number of hydrogen-bond donors (Lipinski definition) is 0. The lowest BCUT2D eigenvalue weighted by Crippen LogP contribution is -2.08. The van der Waals surface area contributed by atoms with Crippen LogP contribution in [0.1, 0.15) is 47.4 Å². The summed E-state index contributed by atoms with van der Waals surface area (Å²) in [5, 5.41) is 13.6. The second kappa shape index (κ2) is 5.22. The van der Waals surface area contributed by atoms with Crippen molar-refractivity contribution >= 4 is 22.3 Å². The molecule has 0 bridgehead atoms. The molecule has 0 fully saturated rings. The summed E-state index contributed by atoms with van der Waals surface area (Å²) in [4.78, 5) is 23.9. The molecule has 0 aliphatic rings. The van der Waals surface area contributed by atoms with Crippen LogP contribution in [0.5, 0.6) is 5.75 Å². The molecule has 0 N–H and O–H groups in total. The van der Waals surface area contributed by atoms with E-state index in [1.807, 2.05) is 6.07 Å². The number of hydrogen-bond acceptors (Lipinski definition) is 2. The number of carbonyl (C=O) groups is 2. The predicted octanol–water partition coefficient (Wildman–Crippen LogP) is 4.17. The zero-order chi connectivity index (χ0) is 14.0. The lowest BCUT2D eigenvalue weighted by atomic mass is 9.92. The fourth-order valence-electron chi connectivity index (χ4n) is 2.18. The van der Waals surface area contributed by atoms with Crippen molar-refractivity contribution < 1.29 is 14.7 Å². The average Bonchev–Trinajstić information content (AvgIpc) is 2.45. The molecule has 0 aliphatic carbocycles. The maximum atomic E-state index is 12.4. The normalized spacial score (nSPS) is 10.6. The standard InChI is InChI=1S/C16H15O3/c1-3-13(17)12-9-10-7-5-6-8-11(10)16(19)15(12)14(18)4-2/h5-9H,3-4H2,1-2H3. The number of benzene rings is 2. The monoisotopic (exact) mass is 255 g/mol. The average molecular weight is 255 g/mol. The van der Waals surface area contributed by atoms with Crippen molar-refractivity contribution in [1.29, 1.82) is 0 Å². The van der Waals surface area contributed by atoms with Crippen LogP contribution in [-0.2, 0) is 5.11 Å². The first-order valence-corrected chi connectivity index (χ1v) is 6.39. The van der Waals surface area contributed by atoms with E-state index in [0.717, 1.165) is 0 Å². The van der Waals surface area contributed by atoms with Crippen molar-refractivity contribution in [3.63, 3.8) is 0 Å². The molecule has 3 heteroatoms. The Balaban J connectivity index is 2.84. The van der Waals surface area contributed by atoms with Crippen LogP contribution in [0.2, 0.25) is 0 Å². The largest absolute Gasteiger partial charge is 0.294 e. The van der Waals surface area contributed by atoms with E-state index >= 15 is 0 Å². The third-order valence-electron chi connectivity index (χ3n) is 3.22. The van der Waals surface area contributed by atoms with Crippen LogP contribution in [0.3, 0.4) is 0 Å². The van der Waals surface area contributed by atoms with Gasteiger partial charge >= 0.3 is 0 Å². The number of fused-ring (bicyclic) bond motifs is 1. The van der Waals surface area contributed by atoms with E-state index in [1.165, 1.54) is 0 Å². The van der Waals surface area contributed by atoms with Crippen molar-refractivity contribution in [2.24, 2.45) is 0 Å². The molecule has 19 heavy (non-hydrogen) atoms. The highest BCUT2D eigenvalue weighted by Gasteiger charge is 2.22. The predicted molar refractivity (Wildman–Crippen MR) is 73.3 cm³/mol. The highest BCUT2D eigenvalue weighted by molar-refractivity contribution is 6.14. The van der Waals surface area contributed by atoms with Gasteiger partial charge in [-0.3, -0.25) is 14.7 Å². The minimum absolute atomic E-state index is 0.0491. The molecule has 2 aromatic rings. The molecule has 0 heterocycles. The van der Waals surface area contributed by atoms with Crippen molar-refractivity contribution in [2.75, 3.05) is 0 Å². The third kappa shape index (κ3) is 2.24. The van der Waals surface area contributed by atoms with Crippen LogP contribution < -0.4 is 0 Å². The Labute approximate surface area is 111 Å². The zero-order valence-corrected chi connectivity index (χ0v) is 11.0. The van der Waals surface area contributed by atoms with Gasteiger partial charge in [-0.25, -0.2) is 0 Å². The van der Waals surface area contributed by atoms with Gasteiger partial charge in [-0.15, -0.1) is 0 Å². The summed E-state index contributed by atoms with van der Waals surface area (Å²) in [5.41, 5.74) is 0.311. The lowest BCUT2D eigenvalue weighted by Gasteiger charge is -2.10. The van der Waals surface area contributed by atoms with Crippen LogP contribution >= 0.6 is 0 Å². The summed E-state index contributed by atoms with van der Waals surface area (Å²) in [5.74, 6) is -0.769. The van der Waals surface area contributed by atoms with Crippen LogP contribution in [0.25, 0.3) is 10.8 Å². The zero-order valence-electron chi connectivity index (χ0n) is 11.0. The Morgan fingerprint density at radius 1 is 1.00 bits per heavy atom. The smallest absolute Gasteiger partial charge is 0.197 e. The molecule has 0 aromatic heterocycles. The quantitative estimate of drug-likeness (QED) is 0.770. The van der Waals surface area contributed by atoms with Crippen molar-refractivity contribution in [2.45, 2.75) is 26.7 Å². The maximum absolute atomic E-state index is 12.4. The topological polar surface area (TPSA) is 54.0 Å². The number of ketones is 2. The van der Waals surface area contributed by atoms with Gasteiger partial charge in [-0.1, -0.05) is 38.1 Å². The molecule has 0 aliphatic heterocycles. The van der Waals surface area contributed by atoms with Gasteiger partial charge in [0.15, 0.2) is 17.3 Å². The summed E-state index contributed by atoms with van der Waals surface area (Å²) >= 11 is 0. The maximum Gasteiger partial charge on any atom is 0.197 e. The molecular weight excluding hydrogens is 240 g/mol. The van der Waals surface area contributed by atoms with Crippen molar-refractivity contribution in [3.05, 3.63) is 41.5 Å². The van der Waals surface area contributed by atoms with Gasteiger partial charge in [0, 0.05) is 23.8 Å². The van der Waals surface area contributed by atoms with Crippen LogP contribution in [0.4, 0.5) is 0 Å². The molecule has 1 radical (unpaired) electrons. The van der Waals surface area contributed by atoms with Crippen LogP contribution in [0.15, 0.2) is 30.3 Å². The molecule has 3 nitrogen and oxygen atoms in total. The van der Waals surface area contributed by atoms with E-state index in [0.29, 0.717) is 10.8 Å². The minimum Gasteiger partial charge on any atom is -0.294 e. The number of rotatable bonds is 4. The fraction of sp³-hybridized carbons (Fsp3) is 0.250. The molecule has 2 aromatic carbocycles. The fourth-order valence-corrected chi connectivity index (χ4v) is 2.18. The van der Waals surface area contributed by atoms with Gasteiger partial charge in [0.25, 0.3) is 0 Å². The summed E-state index contributed by atoms with van der Waals surface area (Å²) in [6.45, 7) is 3.42.